The number of alkyl halides is 1. The minimum Gasteiger partial charge on any atom is -0.481 e. The second-order valence-corrected chi connectivity index (χ2v) is 3.66. The van der Waals surface area contributed by atoms with Gasteiger partial charge in [0.05, 0.1) is 17.7 Å². The topological polar surface area (TPSA) is 35.5 Å². The highest BCUT2D eigenvalue weighted by Crippen LogP contribution is 2.31. The number of esters is 1. The van der Waals surface area contributed by atoms with E-state index in [-0.39, 0.29) is 0 Å². The van der Waals surface area contributed by atoms with Crippen molar-refractivity contribution in [3.63, 3.8) is 0 Å². The van der Waals surface area contributed by atoms with Crippen LogP contribution in [0.2, 0.25) is 5.02 Å². The van der Waals surface area contributed by atoms with Crippen LogP contribution < -0.4 is 4.74 Å². The van der Waals surface area contributed by atoms with Crippen molar-refractivity contribution < 1.29 is 14.3 Å². The molecule has 0 saturated carbocycles. The summed E-state index contributed by atoms with van der Waals surface area (Å²) < 4.78 is 9.92. The summed E-state index contributed by atoms with van der Waals surface area (Å²) in [4.78, 5) is 11.4. The van der Waals surface area contributed by atoms with Gasteiger partial charge in [0.15, 0.2) is 0 Å². The average Bonchev–Trinajstić information content (AvgIpc) is 2.23. The highest BCUT2D eigenvalue weighted by molar-refractivity contribution is 9.09. The third kappa shape index (κ3) is 2.63. The molecule has 0 aliphatic carbocycles. The van der Waals surface area contributed by atoms with Crippen LogP contribution in [0.1, 0.15) is 15.9 Å². The molecule has 0 bridgehead atoms. The third-order valence-corrected chi connectivity index (χ3v) is 2.49. The van der Waals surface area contributed by atoms with Crippen LogP contribution in [-0.2, 0) is 4.74 Å². The van der Waals surface area contributed by atoms with E-state index in [0.29, 0.717) is 27.4 Å². The second-order valence-electron chi connectivity index (χ2n) is 2.79. The van der Waals surface area contributed by atoms with Crippen molar-refractivity contribution in [1.82, 2.24) is 0 Å². The maximum atomic E-state index is 11.4. The number of carbonyl (C=O) groups excluding carboxylic acids is 1. The zero-order valence-corrected chi connectivity index (χ0v) is 10.7. The van der Waals surface area contributed by atoms with Gasteiger partial charge in [-0.05, 0) is 35.0 Å². The van der Waals surface area contributed by atoms with E-state index in [2.05, 4.69) is 20.7 Å². The summed E-state index contributed by atoms with van der Waals surface area (Å²) in [5.41, 5.74) is 1.45. The van der Waals surface area contributed by atoms with Gasteiger partial charge in [-0.1, -0.05) is 11.6 Å². The van der Waals surface area contributed by atoms with Crippen molar-refractivity contribution in [2.75, 3.05) is 12.6 Å². The van der Waals surface area contributed by atoms with Gasteiger partial charge in [-0.15, -0.1) is 0 Å². The predicted molar refractivity (Wildman–Crippen MR) is 62.0 cm³/mol. The van der Waals surface area contributed by atoms with E-state index in [0.717, 1.165) is 0 Å². The van der Waals surface area contributed by atoms with Crippen LogP contribution >= 0.6 is 27.5 Å². The first kappa shape index (κ1) is 12.3. The lowest BCUT2D eigenvalue weighted by Crippen LogP contribution is -2.05. The van der Waals surface area contributed by atoms with E-state index in [4.69, 9.17) is 16.3 Å². The number of methoxy groups -OCH3 is 1. The Morgan fingerprint density at radius 1 is 1.53 bits per heavy atom. The Hall–Kier alpha value is -0.740. The molecule has 1 rings (SSSR count). The van der Waals surface area contributed by atoms with Crippen molar-refractivity contribution in [2.24, 2.45) is 0 Å². The number of rotatable bonds is 3. The van der Waals surface area contributed by atoms with Gasteiger partial charge in [-0.3, -0.25) is 0 Å². The van der Waals surface area contributed by atoms with Crippen molar-refractivity contribution >= 4 is 33.5 Å². The Morgan fingerprint density at radius 3 is 2.73 bits per heavy atom. The SMILES string of the molecule is COC(=O)c1ccc(Cl)c(OCBr)c1C. The fraction of sp³-hybridized carbons (Fsp3) is 0.300. The zero-order chi connectivity index (χ0) is 11.4. The predicted octanol–water partition coefficient (Wildman–Crippen LogP) is 3.17. The molecule has 0 fully saturated rings. The first-order valence-corrected chi connectivity index (χ1v) is 5.68. The fourth-order valence-electron chi connectivity index (χ4n) is 1.22. The maximum Gasteiger partial charge on any atom is 0.338 e. The van der Waals surface area contributed by atoms with E-state index in [1.165, 1.54) is 7.11 Å². The van der Waals surface area contributed by atoms with Crippen molar-refractivity contribution in [3.8, 4) is 5.75 Å². The minimum absolute atomic E-state index is 0.318. The molecule has 1 aromatic rings. The van der Waals surface area contributed by atoms with Crippen LogP contribution in [0.15, 0.2) is 12.1 Å². The minimum atomic E-state index is -0.399. The van der Waals surface area contributed by atoms with Crippen LogP contribution in [0.3, 0.4) is 0 Å². The Bertz CT molecular complexity index is 379. The van der Waals surface area contributed by atoms with Gasteiger partial charge >= 0.3 is 5.97 Å². The second kappa shape index (κ2) is 5.37. The molecular weight excluding hydrogens is 283 g/mol. The zero-order valence-electron chi connectivity index (χ0n) is 8.34. The lowest BCUT2D eigenvalue weighted by Gasteiger charge is -2.11. The summed E-state index contributed by atoms with van der Waals surface area (Å²) >= 11 is 9.07. The van der Waals surface area contributed by atoms with Crippen LogP contribution in [0.25, 0.3) is 0 Å². The van der Waals surface area contributed by atoms with Crippen LogP contribution in [-0.4, -0.2) is 18.6 Å². The number of hydrogen-bond acceptors (Lipinski definition) is 3. The lowest BCUT2D eigenvalue weighted by atomic mass is 10.1. The van der Waals surface area contributed by atoms with Gasteiger partial charge in [-0.2, -0.15) is 0 Å². The van der Waals surface area contributed by atoms with E-state index >= 15 is 0 Å². The van der Waals surface area contributed by atoms with Crippen molar-refractivity contribution in [3.05, 3.63) is 28.3 Å². The van der Waals surface area contributed by atoms with Gasteiger partial charge in [0, 0.05) is 5.56 Å². The summed E-state index contributed by atoms with van der Waals surface area (Å²) in [6.45, 7) is 1.76. The van der Waals surface area contributed by atoms with Crippen molar-refractivity contribution in [1.29, 1.82) is 0 Å². The molecule has 3 nitrogen and oxygen atoms in total. The van der Waals surface area contributed by atoms with Crippen LogP contribution in [0.4, 0.5) is 0 Å². The van der Waals surface area contributed by atoms with Crippen molar-refractivity contribution in [2.45, 2.75) is 6.92 Å². The Morgan fingerprint density at radius 2 is 2.20 bits per heavy atom. The summed E-state index contributed by atoms with van der Waals surface area (Å²) in [6, 6.07) is 3.23. The number of ether oxygens (including phenoxy) is 2. The molecule has 0 spiro atoms. The third-order valence-electron chi connectivity index (χ3n) is 1.96. The summed E-state index contributed by atoms with van der Waals surface area (Å²) in [7, 11) is 1.33. The molecule has 0 amide bonds. The molecule has 0 saturated heterocycles. The maximum absolute atomic E-state index is 11.4. The summed E-state index contributed by atoms with van der Waals surface area (Å²) in [6.07, 6.45) is 0. The number of halogens is 2. The molecule has 0 aliphatic heterocycles. The Labute approximate surface area is 101 Å². The lowest BCUT2D eigenvalue weighted by molar-refractivity contribution is 0.0599. The van der Waals surface area contributed by atoms with Gasteiger partial charge in [0.25, 0.3) is 0 Å². The van der Waals surface area contributed by atoms with Crippen LogP contribution in [0, 0.1) is 6.92 Å². The highest BCUT2D eigenvalue weighted by Gasteiger charge is 2.15. The molecule has 1 aromatic carbocycles. The smallest absolute Gasteiger partial charge is 0.338 e. The number of benzene rings is 1. The molecule has 0 unspecified atom stereocenters. The van der Waals surface area contributed by atoms with Gasteiger partial charge in [0.1, 0.15) is 11.3 Å². The number of hydrogen-bond donors (Lipinski definition) is 0. The van der Waals surface area contributed by atoms with E-state index in [9.17, 15) is 4.79 Å². The molecular formula is C10H10BrClO3. The largest absolute Gasteiger partial charge is 0.481 e. The molecule has 5 heteroatoms. The monoisotopic (exact) mass is 292 g/mol. The molecule has 0 atom stereocenters. The average molecular weight is 294 g/mol. The highest BCUT2D eigenvalue weighted by atomic mass is 79.9. The van der Waals surface area contributed by atoms with Gasteiger partial charge < -0.3 is 9.47 Å². The number of carbonyl (C=O) groups is 1. The molecule has 15 heavy (non-hydrogen) atoms. The van der Waals surface area contributed by atoms with E-state index in [1.54, 1.807) is 19.1 Å². The molecule has 82 valence electrons. The summed E-state index contributed by atoms with van der Waals surface area (Å²) in [5, 5.41) is 0.472. The Balaban J connectivity index is 3.21. The standard InChI is InChI=1S/C10H10BrClO3/c1-6-7(10(13)14-2)3-4-8(12)9(6)15-5-11/h3-4H,5H2,1-2H3. The van der Waals surface area contributed by atoms with Gasteiger partial charge in [0.2, 0.25) is 0 Å². The molecule has 0 heterocycles. The Kier molecular flexibility index (Phi) is 4.42. The normalized spacial score (nSPS) is 9.87. The van der Waals surface area contributed by atoms with Crippen LogP contribution in [0.5, 0.6) is 5.75 Å². The summed E-state index contributed by atoms with van der Waals surface area (Å²) in [5.74, 6) is 0.0973. The quantitative estimate of drug-likeness (QED) is 0.634. The first-order valence-electron chi connectivity index (χ1n) is 4.18. The fourth-order valence-corrected chi connectivity index (χ4v) is 1.71. The molecule has 0 N–H and O–H groups in total. The molecule has 0 radical (unpaired) electrons. The molecule has 0 aliphatic rings. The van der Waals surface area contributed by atoms with E-state index in [1.807, 2.05) is 0 Å². The van der Waals surface area contributed by atoms with Gasteiger partial charge in [-0.25, -0.2) is 4.79 Å². The molecule has 0 aromatic heterocycles. The van der Waals surface area contributed by atoms with E-state index < -0.39 is 5.97 Å². The first-order chi connectivity index (χ1) is 7.11.